The van der Waals surface area contributed by atoms with E-state index in [4.69, 9.17) is 11.0 Å². The minimum atomic E-state index is -0.982. The predicted molar refractivity (Wildman–Crippen MR) is 134 cm³/mol. The highest BCUT2D eigenvalue weighted by atomic mass is 31.2. The molecule has 2 rings (SSSR count). The molecule has 0 aromatic carbocycles. The number of aliphatic hydroxyl groups is 1. The van der Waals surface area contributed by atoms with E-state index in [-0.39, 0.29) is 16.9 Å². The van der Waals surface area contributed by atoms with Crippen molar-refractivity contribution in [2.24, 2.45) is 11.8 Å². The molecule has 2 aliphatic rings. The molecule has 0 bridgehead atoms. The van der Waals surface area contributed by atoms with Crippen molar-refractivity contribution in [1.29, 1.82) is 0 Å². The molecule has 2 aliphatic carbocycles. The quantitative estimate of drug-likeness (QED) is 0.458. The molecule has 0 spiro atoms. The van der Waals surface area contributed by atoms with E-state index in [2.05, 4.69) is 55.1 Å². The Morgan fingerprint density at radius 2 is 1.85 bits per heavy atom. The lowest BCUT2D eigenvalue weighted by molar-refractivity contribution is -0.0984. The highest BCUT2D eigenvalue weighted by molar-refractivity contribution is 7.75. The van der Waals surface area contributed by atoms with Crippen molar-refractivity contribution < 1.29 is 9.84 Å². The van der Waals surface area contributed by atoms with Gasteiger partial charge in [0.25, 0.3) is 0 Å². The Labute approximate surface area is 165 Å². The van der Waals surface area contributed by atoms with E-state index in [1.54, 1.807) is 0 Å². The van der Waals surface area contributed by atoms with Gasteiger partial charge in [0.2, 0.25) is 0 Å². The van der Waals surface area contributed by atoms with Crippen LogP contribution in [-0.2, 0) is 4.74 Å². The van der Waals surface area contributed by atoms with Crippen LogP contribution in [0.2, 0.25) is 5.82 Å². The highest BCUT2D eigenvalue weighted by Gasteiger charge is 2.74. The third-order valence-electron chi connectivity index (χ3n) is 7.72. The van der Waals surface area contributed by atoms with Gasteiger partial charge in [0.15, 0.2) is 0 Å². The Balaban J connectivity index is 2.22. The molecule has 6 heteroatoms. The molecule has 0 amide bonds. The van der Waals surface area contributed by atoms with Gasteiger partial charge in [-0.3, -0.25) is 0 Å². The van der Waals surface area contributed by atoms with Crippen LogP contribution in [-0.4, -0.2) is 72.3 Å². The molecule has 9 atom stereocenters. The van der Waals surface area contributed by atoms with Crippen LogP contribution in [0.5, 0.6) is 0 Å². The van der Waals surface area contributed by atoms with Gasteiger partial charge in [-0.2, -0.15) is 0 Å². The van der Waals surface area contributed by atoms with Crippen LogP contribution >= 0.6 is 22.6 Å². The largest absolute Gasteiger partial charge is 0.390 e. The van der Waals surface area contributed by atoms with Crippen LogP contribution in [0.25, 0.3) is 0 Å². The first-order valence-corrected chi connectivity index (χ1v) is 16.2. The highest BCUT2D eigenvalue weighted by Crippen LogP contribution is 2.71. The van der Waals surface area contributed by atoms with E-state index in [0.29, 0.717) is 17.1 Å². The maximum Gasteiger partial charge on any atom is 0.109 e. The summed E-state index contributed by atoms with van der Waals surface area (Å²) in [5.74, 6) is 0.989. The Morgan fingerprint density at radius 1 is 1.27 bits per heavy atom. The minimum absolute atomic E-state index is 0.131. The van der Waals surface area contributed by atoms with E-state index >= 15 is 0 Å². The maximum atomic E-state index is 10.9. The number of hydrogen-bond acceptors (Lipinski definition) is 2. The van der Waals surface area contributed by atoms with Gasteiger partial charge in [-0.15, -0.1) is 34.0 Å². The molecule has 2 fully saturated rings. The van der Waals surface area contributed by atoms with Gasteiger partial charge in [-0.1, -0.05) is 28.3 Å². The van der Waals surface area contributed by atoms with Crippen molar-refractivity contribution in [3.8, 4) is 0 Å². The Hall–Kier alpha value is 0.885. The summed E-state index contributed by atoms with van der Waals surface area (Å²) in [6, 6.07) is 0. The van der Waals surface area contributed by atoms with Crippen LogP contribution in [0.1, 0.15) is 48.0 Å². The summed E-state index contributed by atoms with van der Waals surface area (Å²) in [5, 5.41) is 11.4. The van der Waals surface area contributed by atoms with Crippen molar-refractivity contribution >= 4 is 49.4 Å². The monoisotopic (exact) mass is 418 g/mol. The summed E-state index contributed by atoms with van der Waals surface area (Å²) < 4.78 is 6.93. The van der Waals surface area contributed by atoms with Crippen LogP contribution in [0.15, 0.2) is 0 Å². The van der Waals surface area contributed by atoms with Gasteiger partial charge < -0.3 is 9.84 Å². The summed E-state index contributed by atoms with van der Waals surface area (Å²) in [6.07, 6.45) is 18.5. The number of fused-ring (bicyclic) bond motifs is 1. The lowest BCUT2D eigenvalue weighted by Crippen LogP contribution is -2.42. The zero-order chi connectivity index (χ0) is 20.1. The third kappa shape index (κ3) is 3.96. The molecule has 2 saturated carbocycles. The van der Waals surface area contributed by atoms with E-state index < -0.39 is 28.2 Å². The summed E-state index contributed by atoms with van der Waals surface area (Å²) in [4.78, 5) is 0. The standard InChI is InChI=1S/C20H42BO2P3/c1-10-24(7)13-16(25(8)11-2)26(9)18(4,5)23-20-12-15(20)17(21)19(6,22)14(20)3/h14-17,22,24-26H,7-13,21H2,1-6H3/t14-,15?,16?,17+,19+,20+/m0/s1. The molecule has 0 heterocycles. The van der Waals surface area contributed by atoms with Crippen LogP contribution < -0.4 is 0 Å². The van der Waals surface area contributed by atoms with Gasteiger partial charge in [0.1, 0.15) is 7.85 Å². The van der Waals surface area contributed by atoms with Crippen molar-refractivity contribution in [3.05, 3.63) is 0 Å². The lowest BCUT2D eigenvalue weighted by Gasteiger charge is -2.41. The van der Waals surface area contributed by atoms with E-state index in [1.165, 1.54) is 18.5 Å². The molecule has 152 valence electrons. The first-order valence-electron chi connectivity index (χ1n) is 10.3. The minimum Gasteiger partial charge on any atom is -0.390 e. The fourth-order valence-electron chi connectivity index (χ4n) is 5.04. The molecule has 0 aromatic heterocycles. The van der Waals surface area contributed by atoms with E-state index in [0.717, 1.165) is 6.42 Å². The van der Waals surface area contributed by atoms with Gasteiger partial charge >= 0.3 is 0 Å². The fourth-order valence-corrected chi connectivity index (χ4v) is 15.1. The maximum absolute atomic E-state index is 10.9. The van der Waals surface area contributed by atoms with Gasteiger partial charge in [0, 0.05) is 5.92 Å². The number of hydrogen-bond donors (Lipinski definition) is 1. The second kappa shape index (κ2) is 7.96. The molecule has 0 saturated heterocycles. The van der Waals surface area contributed by atoms with Gasteiger partial charge in [-0.05, 0) is 62.8 Å². The molecule has 26 heavy (non-hydrogen) atoms. The van der Waals surface area contributed by atoms with Crippen LogP contribution in [0.3, 0.4) is 0 Å². The lowest BCUT2D eigenvalue weighted by atomic mass is 9.70. The van der Waals surface area contributed by atoms with Gasteiger partial charge in [0.05, 0.1) is 16.5 Å². The number of ether oxygens (including phenoxy) is 1. The molecular formula is C20H42BO2P3. The third-order valence-corrected chi connectivity index (χ3v) is 17.6. The first-order chi connectivity index (χ1) is 11.8. The average Bonchev–Trinajstić information content (AvgIpc) is 3.27. The molecular weight excluding hydrogens is 376 g/mol. The molecule has 2 nitrogen and oxygen atoms in total. The second-order valence-electron chi connectivity index (χ2n) is 9.51. The van der Waals surface area contributed by atoms with Crippen LogP contribution in [0.4, 0.5) is 0 Å². The Kier molecular flexibility index (Phi) is 7.09. The Bertz CT molecular complexity index is 616. The summed E-state index contributed by atoms with van der Waals surface area (Å²) in [7, 11) is 0.0306. The van der Waals surface area contributed by atoms with E-state index in [1.807, 2.05) is 6.92 Å². The molecule has 1 N–H and O–H groups in total. The van der Waals surface area contributed by atoms with Gasteiger partial charge in [-0.25, -0.2) is 0 Å². The number of rotatable bonds is 9. The normalized spacial score (nSPS) is 41.3. The average molecular weight is 418 g/mol. The predicted octanol–water partition coefficient (Wildman–Crippen LogP) is 3.62. The molecule has 5 unspecified atom stereocenters. The van der Waals surface area contributed by atoms with Crippen molar-refractivity contribution in [1.82, 2.24) is 0 Å². The molecule has 0 aromatic rings. The molecule has 0 aliphatic heterocycles. The Morgan fingerprint density at radius 3 is 2.27 bits per heavy atom. The van der Waals surface area contributed by atoms with E-state index in [9.17, 15) is 5.11 Å². The van der Waals surface area contributed by atoms with Crippen LogP contribution in [0, 0.1) is 11.8 Å². The smallest absolute Gasteiger partial charge is 0.109 e. The molecule has 0 radical (unpaired) electrons. The second-order valence-corrected chi connectivity index (χ2v) is 18.4. The fraction of sp³-hybridized carbons (Fsp3) is 0.850. The van der Waals surface area contributed by atoms with Crippen molar-refractivity contribution in [3.63, 3.8) is 0 Å². The summed E-state index contributed by atoms with van der Waals surface area (Å²) in [5.41, 5.74) is -0.753. The zero-order valence-electron chi connectivity index (χ0n) is 18.1. The summed E-state index contributed by atoms with van der Waals surface area (Å²) >= 11 is 0. The summed E-state index contributed by atoms with van der Waals surface area (Å²) in [6.45, 7) is 13.3. The van der Waals surface area contributed by atoms with Crippen molar-refractivity contribution in [2.45, 2.75) is 75.7 Å². The topological polar surface area (TPSA) is 29.5 Å². The SMILES string of the molecule is B[C@@H]1C2C[C@@]2(OC(C)(C)[PH](=C)C(C[PH](=C)CC)[PH](=C)CC)[C@@H](C)[C@@]1(C)O. The first kappa shape index (κ1) is 23.2. The zero-order valence-corrected chi connectivity index (χ0v) is 21.1. The van der Waals surface area contributed by atoms with Crippen molar-refractivity contribution in [2.75, 3.05) is 18.5 Å².